The third-order valence-corrected chi connectivity index (χ3v) is 4.17. The van der Waals surface area contributed by atoms with Crippen LogP contribution in [0.2, 0.25) is 0 Å². The van der Waals surface area contributed by atoms with Gasteiger partial charge in [-0.25, -0.2) is 4.39 Å². The molecule has 7 nitrogen and oxygen atoms in total. The fraction of sp³-hybridized carbons (Fsp3) is 0.500. The second kappa shape index (κ2) is 10.1. The molecule has 8 heteroatoms. The summed E-state index contributed by atoms with van der Waals surface area (Å²) in [4.78, 5) is 29.2. The Kier molecular flexibility index (Phi) is 7.80. The molecule has 152 valence electrons. The molecule has 0 aliphatic carbocycles. The first-order valence-electron chi connectivity index (χ1n) is 9.19. The van der Waals surface area contributed by atoms with Gasteiger partial charge in [0.15, 0.2) is 0 Å². The van der Waals surface area contributed by atoms with Gasteiger partial charge in [0.25, 0.3) is 5.91 Å². The molecule has 1 unspecified atom stereocenters. The number of esters is 1. The summed E-state index contributed by atoms with van der Waals surface area (Å²) in [5, 5.41) is 5.48. The predicted octanol–water partition coefficient (Wildman–Crippen LogP) is 2.98. The zero-order valence-electron chi connectivity index (χ0n) is 16.6. The molecule has 0 aromatic heterocycles. The molecule has 2 rings (SSSR count). The minimum absolute atomic E-state index is 0.117. The predicted molar refractivity (Wildman–Crippen MR) is 105 cm³/mol. The highest BCUT2D eigenvalue weighted by Gasteiger charge is 2.39. The molecule has 28 heavy (non-hydrogen) atoms. The van der Waals surface area contributed by atoms with Crippen molar-refractivity contribution in [1.29, 1.82) is 0 Å². The van der Waals surface area contributed by atoms with Gasteiger partial charge in [-0.15, -0.1) is 0 Å². The molecule has 0 radical (unpaired) electrons. The molecule has 0 fully saturated rings. The van der Waals surface area contributed by atoms with Crippen molar-refractivity contribution in [2.75, 3.05) is 25.3 Å². The summed E-state index contributed by atoms with van der Waals surface area (Å²) in [5.74, 6) is -1.97. The average molecular weight is 391 g/mol. The largest absolute Gasteiger partial charge is 0.469 e. The van der Waals surface area contributed by atoms with Crippen molar-refractivity contribution in [2.45, 2.75) is 39.7 Å². The number of hydrogen-bond donors (Lipinski definition) is 0. The lowest BCUT2D eigenvalue weighted by molar-refractivity contribution is -0.139. The number of benzene rings is 1. The van der Waals surface area contributed by atoms with Gasteiger partial charge in [0, 0.05) is 18.9 Å². The summed E-state index contributed by atoms with van der Waals surface area (Å²) in [5.41, 5.74) is 1.36. The van der Waals surface area contributed by atoms with Gasteiger partial charge in [-0.3, -0.25) is 14.6 Å². The Bertz CT molecular complexity index is 759. The smallest absolute Gasteiger partial charge is 0.311 e. The minimum Gasteiger partial charge on any atom is -0.469 e. The standard InChI is InChI=1S/C20H26FN3O4/c1-13(2)28-11-5-10-22-14(3)19-17(12-18(25)27-4)23-24(20(19)26)16-8-6-15(21)7-9-16/h6-9,13,19H,5,10-12H2,1-4H3. The molecule has 1 amide bonds. The zero-order valence-corrected chi connectivity index (χ0v) is 16.6. The van der Waals surface area contributed by atoms with E-state index in [2.05, 4.69) is 10.1 Å². The number of rotatable bonds is 9. The molecule has 0 bridgehead atoms. The Morgan fingerprint density at radius 1 is 1.32 bits per heavy atom. The number of hydrogen-bond acceptors (Lipinski definition) is 6. The molecule has 1 aliphatic heterocycles. The van der Waals surface area contributed by atoms with Gasteiger partial charge < -0.3 is 9.47 Å². The highest BCUT2D eigenvalue weighted by Crippen LogP contribution is 2.26. The number of carbonyl (C=O) groups excluding carboxylic acids is 2. The third-order valence-electron chi connectivity index (χ3n) is 4.17. The summed E-state index contributed by atoms with van der Waals surface area (Å²) in [6.07, 6.45) is 0.764. The van der Waals surface area contributed by atoms with Crippen LogP contribution in [0.3, 0.4) is 0 Å². The van der Waals surface area contributed by atoms with Gasteiger partial charge in [-0.1, -0.05) is 0 Å². The number of amides is 1. The van der Waals surface area contributed by atoms with Crippen LogP contribution in [-0.4, -0.2) is 49.7 Å². The van der Waals surface area contributed by atoms with Crippen LogP contribution >= 0.6 is 0 Å². The Balaban J connectivity index is 2.17. The number of carbonyl (C=O) groups is 2. The van der Waals surface area contributed by atoms with Crippen LogP contribution in [0.15, 0.2) is 34.4 Å². The monoisotopic (exact) mass is 391 g/mol. The molecule has 0 spiro atoms. The van der Waals surface area contributed by atoms with Crippen molar-refractivity contribution in [1.82, 2.24) is 0 Å². The molecule has 1 atom stereocenters. The number of anilines is 1. The number of methoxy groups -OCH3 is 1. The summed E-state index contributed by atoms with van der Waals surface area (Å²) < 4.78 is 23.4. The number of halogens is 1. The lowest BCUT2D eigenvalue weighted by Crippen LogP contribution is -2.33. The maximum absolute atomic E-state index is 13.2. The third kappa shape index (κ3) is 5.69. The number of nitrogens with zero attached hydrogens (tertiary/aromatic N) is 3. The summed E-state index contributed by atoms with van der Waals surface area (Å²) in [6, 6.07) is 5.43. The van der Waals surface area contributed by atoms with E-state index in [1.165, 1.54) is 36.4 Å². The molecular formula is C20H26FN3O4. The van der Waals surface area contributed by atoms with E-state index < -0.39 is 17.7 Å². The van der Waals surface area contributed by atoms with Gasteiger partial charge in [0.2, 0.25) is 0 Å². The first-order valence-corrected chi connectivity index (χ1v) is 9.19. The van der Waals surface area contributed by atoms with Crippen molar-refractivity contribution < 1.29 is 23.5 Å². The molecule has 1 heterocycles. The Hall–Kier alpha value is -2.61. The number of hydrazone groups is 1. The van der Waals surface area contributed by atoms with Crippen LogP contribution in [0.1, 0.15) is 33.6 Å². The van der Waals surface area contributed by atoms with Crippen LogP contribution < -0.4 is 5.01 Å². The number of ether oxygens (including phenoxy) is 2. The normalized spacial score (nSPS) is 17.3. The molecule has 1 aromatic rings. The Labute approximate surface area is 164 Å². The van der Waals surface area contributed by atoms with Crippen molar-refractivity contribution in [2.24, 2.45) is 16.0 Å². The first kappa shape index (κ1) is 21.7. The lowest BCUT2D eigenvalue weighted by atomic mass is 9.96. The molecule has 0 saturated carbocycles. The van der Waals surface area contributed by atoms with Gasteiger partial charge in [-0.05, 0) is 51.5 Å². The Morgan fingerprint density at radius 2 is 2.00 bits per heavy atom. The van der Waals surface area contributed by atoms with Crippen LogP contribution in [0, 0.1) is 11.7 Å². The van der Waals surface area contributed by atoms with E-state index in [1.807, 2.05) is 13.8 Å². The first-order chi connectivity index (χ1) is 13.3. The van der Waals surface area contributed by atoms with Crippen molar-refractivity contribution in [3.63, 3.8) is 0 Å². The van der Waals surface area contributed by atoms with E-state index in [1.54, 1.807) is 6.92 Å². The Morgan fingerprint density at radius 3 is 2.61 bits per heavy atom. The van der Waals surface area contributed by atoms with Crippen LogP contribution in [-0.2, 0) is 19.1 Å². The van der Waals surface area contributed by atoms with E-state index in [4.69, 9.17) is 9.47 Å². The SMILES string of the molecule is COC(=O)CC1=NN(c2ccc(F)cc2)C(=O)C1C(C)=NCCCOC(C)C. The van der Waals surface area contributed by atoms with Gasteiger partial charge in [0.05, 0.1) is 31.0 Å². The fourth-order valence-corrected chi connectivity index (χ4v) is 2.78. The maximum Gasteiger partial charge on any atom is 0.311 e. The number of aliphatic imine (C=N–C) groups is 1. The van der Waals surface area contributed by atoms with Crippen LogP contribution in [0.5, 0.6) is 0 Å². The van der Waals surface area contributed by atoms with E-state index in [0.717, 1.165) is 6.42 Å². The average Bonchev–Trinajstić information content (AvgIpc) is 2.97. The van der Waals surface area contributed by atoms with Crippen molar-refractivity contribution in [3.05, 3.63) is 30.1 Å². The molecule has 0 N–H and O–H groups in total. The molecular weight excluding hydrogens is 365 g/mol. The molecule has 0 saturated heterocycles. The summed E-state index contributed by atoms with van der Waals surface area (Å²) in [7, 11) is 1.28. The van der Waals surface area contributed by atoms with E-state index in [0.29, 0.717) is 30.3 Å². The van der Waals surface area contributed by atoms with Crippen LogP contribution in [0.4, 0.5) is 10.1 Å². The van der Waals surface area contributed by atoms with E-state index in [-0.39, 0.29) is 18.4 Å². The summed E-state index contributed by atoms with van der Waals surface area (Å²) >= 11 is 0. The maximum atomic E-state index is 13.2. The zero-order chi connectivity index (χ0) is 20.7. The topological polar surface area (TPSA) is 80.6 Å². The van der Waals surface area contributed by atoms with Gasteiger partial charge in [-0.2, -0.15) is 10.1 Å². The van der Waals surface area contributed by atoms with Crippen molar-refractivity contribution in [3.8, 4) is 0 Å². The van der Waals surface area contributed by atoms with E-state index in [9.17, 15) is 14.0 Å². The van der Waals surface area contributed by atoms with Crippen molar-refractivity contribution >= 4 is 29.0 Å². The summed E-state index contributed by atoms with van der Waals surface area (Å²) in [6.45, 7) is 6.76. The molecule has 1 aliphatic rings. The van der Waals surface area contributed by atoms with Gasteiger partial charge in [0.1, 0.15) is 11.7 Å². The minimum atomic E-state index is -0.741. The lowest BCUT2D eigenvalue weighted by Gasteiger charge is -2.14. The second-order valence-electron chi connectivity index (χ2n) is 6.70. The second-order valence-corrected chi connectivity index (χ2v) is 6.70. The highest BCUT2D eigenvalue weighted by molar-refractivity contribution is 6.30. The quantitative estimate of drug-likeness (QED) is 0.368. The van der Waals surface area contributed by atoms with Crippen LogP contribution in [0.25, 0.3) is 0 Å². The molecule has 1 aromatic carbocycles. The van der Waals surface area contributed by atoms with Gasteiger partial charge >= 0.3 is 5.97 Å². The fourth-order valence-electron chi connectivity index (χ4n) is 2.78. The highest BCUT2D eigenvalue weighted by atomic mass is 19.1. The van der Waals surface area contributed by atoms with E-state index >= 15 is 0 Å².